The lowest BCUT2D eigenvalue weighted by atomic mass is 9.97. The van der Waals surface area contributed by atoms with Crippen molar-refractivity contribution in [2.24, 2.45) is 5.73 Å². The van der Waals surface area contributed by atoms with E-state index in [4.69, 9.17) is 5.73 Å². The van der Waals surface area contributed by atoms with Crippen LogP contribution in [0.5, 0.6) is 0 Å². The summed E-state index contributed by atoms with van der Waals surface area (Å²) >= 11 is 0. The molecule has 2 aliphatic rings. The summed E-state index contributed by atoms with van der Waals surface area (Å²) in [6.45, 7) is 2.29. The van der Waals surface area contributed by atoms with Crippen LogP contribution in [0.1, 0.15) is 37.7 Å². The van der Waals surface area contributed by atoms with Gasteiger partial charge in [-0.05, 0) is 37.0 Å². The molecule has 0 aromatic heterocycles. The number of hydrogen-bond donors (Lipinski definition) is 1. The number of nitrogens with zero attached hydrogens (tertiary/aromatic N) is 2. The number of halogens is 1. The first-order chi connectivity index (χ1) is 12.0. The third-order valence-electron chi connectivity index (χ3n) is 5.30. The Kier molecular flexibility index (Phi) is 5.37. The van der Waals surface area contributed by atoms with Crippen LogP contribution in [0.25, 0.3) is 0 Å². The van der Waals surface area contributed by atoms with Crippen LogP contribution in [-0.4, -0.2) is 53.3 Å². The predicted molar refractivity (Wildman–Crippen MR) is 93.3 cm³/mol. The molecule has 0 radical (unpaired) electrons. The molecule has 0 unspecified atom stereocenters. The number of rotatable bonds is 3. The number of nitrogens with two attached hydrogens (primary N) is 1. The van der Waals surface area contributed by atoms with E-state index >= 15 is 0 Å². The van der Waals surface area contributed by atoms with E-state index in [1.165, 1.54) is 12.1 Å². The van der Waals surface area contributed by atoms with Crippen molar-refractivity contribution in [3.63, 3.8) is 0 Å². The van der Waals surface area contributed by atoms with Crippen LogP contribution in [0.4, 0.5) is 4.39 Å². The van der Waals surface area contributed by atoms with E-state index in [1.807, 2.05) is 4.90 Å². The van der Waals surface area contributed by atoms with Gasteiger partial charge in [-0.25, -0.2) is 4.39 Å². The van der Waals surface area contributed by atoms with Gasteiger partial charge in [0.05, 0.1) is 12.0 Å². The molecule has 3 rings (SSSR count). The molecular formula is C19H26FN3O2. The summed E-state index contributed by atoms with van der Waals surface area (Å²) in [7, 11) is 0. The first-order valence-corrected chi connectivity index (χ1v) is 9.08. The molecule has 1 aromatic carbocycles. The van der Waals surface area contributed by atoms with Crippen molar-refractivity contribution >= 4 is 11.8 Å². The van der Waals surface area contributed by atoms with Gasteiger partial charge in [-0.2, -0.15) is 0 Å². The second-order valence-corrected chi connectivity index (χ2v) is 7.20. The molecule has 0 bridgehead atoms. The zero-order valence-corrected chi connectivity index (χ0v) is 14.5. The molecule has 25 heavy (non-hydrogen) atoms. The Hall–Kier alpha value is -1.95. The van der Waals surface area contributed by atoms with E-state index in [0.717, 1.165) is 32.1 Å². The van der Waals surface area contributed by atoms with Crippen molar-refractivity contribution in [2.75, 3.05) is 26.2 Å². The Labute approximate surface area is 148 Å². The summed E-state index contributed by atoms with van der Waals surface area (Å²) < 4.78 is 13.3. The summed E-state index contributed by atoms with van der Waals surface area (Å²) in [5.74, 6) is -0.324. The second kappa shape index (κ2) is 7.52. The fourth-order valence-corrected chi connectivity index (χ4v) is 3.84. The van der Waals surface area contributed by atoms with Gasteiger partial charge in [-0.3, -0.25) is 9.59 Å². The average Bonchev–Trinajstić information content (AvgIpc) is 2.89. The van der Waals surface area contributed by atoms with Crippen molar-refractivity contribution < 1.29 is 14.0 Å². The molecule has 136 valence electrons. The van der Waals surface area contributed by atoms with Gasteiger partial charge >= 0.3 is 0 Å². The van der Waals surface area contributed by atoms with Crippen LogP contribution in [0.3, 0.4) is 0 Å². The molecule has 1 aliphatic heterocycles. The standard InChI is InChI=1S/C19H26FN3O2/c20-16-6-3-5-15(13-16)14-17(24)22-9-4-10-23(12-11-22)18(25)19(21)7-1-2-8-19/h3,5-6,13H,1-2,4,7-12,14,21H2. The van der Waals surface area contributed by atoms with E-state index in [1.54, 1.807) is 17.0 Å². The fourth-order valence-electron chi connectivity index (χ4n) is 3.84. The Bertz CT molecular complexity index is 643. The summed E-state index contributed by atoms with van der Waals surface area (Å²) in [5.41, 5.74) is 6.26. The fraction of sp³-hybridized carbons (Fsp3) is 0.579. The molecule has 1 aromatic rings. The van der Waals surface area contributed by atoms with Crippen LogP contribution < -0.4 is 5.73 Å². The molecule has 2 N–H and O–H groups in total. The highest BCUT2D eigenvalue weighted by molar-refractivity contribution is 5.86. The predicted octanol–water partition coefficient (Wildman–Crippen LogP) is 1.70. The van der Waals surface area contributed by atoms with Gasteiger partial charge in [0, 0.05) is 26.2 Å². The van der Waals surface area contributed by atoms with E-state index in [-0.39, 0.29) is 24.1 Å². The van der Waals surface area contributed by atoms with Gasteiger partial charge in [-0.15, -0.1) is 0 Å². The van der Waals surface area contributed by atoms with E-state index in [9.17, 15) is 14.0 Å². The van der Waals surface area contributed by atoms with Gasteiger partial charge in [0.25, 0.3) is 0 Å². The molecule has 5 nitrogen and oxygen atoms in total. The molecular weight excluding hydrogens is 321 g/mol. The van der Waals surface area contributed by atoms with E-state index < -0.39 is 5.54 Å². The Morgan fingerprint density at radius 1 is 1.04 bits per heavy atom. The molecule has 1 saturated carbocycles. The van der Waals surface area contributed by atoms with Crippen LogP contribution in [-0.2, 0) is 16.0 Å². The minimum absolute atomic E-state index is 0.0248. The smallest absolute Gasteiger partial charge is 0.242 e. The minimum Gasteiger partial charge on any atom is -0.341 e. The Balaban J connectivity index is 1.57. The number of carbonyl (C=O) groups is 2. The van der Waals surface area contributed by atoms with Gasteiger partial charge in [-0.1, -0.05) is 25.0 Å². The monoisotopic (exact) mass is 347 g/mol. The Morgan fingerprint density at radius 2 is 1.72 bits per heavy atom. The second-order valence-electron chi connectivity index (χ2n) is 7.20. The summed E-state index contributed by atoms with van der Waals surface area (Å²) in [6.07, 6.45) is 4.46. The van der Waals surface area contributed by atoms with E-state index in [2.05, 4.69) is 0 Å². The molecule has 0 atom stereocenters. The van der Waals surface area contributed by atoms with Crippen LogP contribution in [0.15, 0.2) is 24.3 Å². The highest BCUT2D eigenvalue weighted by Crippen LogP contribution is 2.29. The maximum atomic E-state index is 13.3. The quantitative estimate of drug-likeness (QED) is 0.905. The number of benzene rings is 1. The van der Waals surface area contributed by atoms with Gasteiger partial charge in [0.2, 0.25) is 11.8 Å². The van der Waals surface area contributed by atoms with Crippen molar-refractivity contribution in [1.29, 1.82) is 0 Å². The molecule has 6 heteroatoms. The first kappa shape index (κ1) is 17.9. The van der Waals surface area contributed by atoms with Gasteiger partial charge < -0.3 is 15.5 Å². The number of carbonyl (C=O) groups excluding carboxylic acids is 2. The average molecular weight is 347 g/mol. The summed E-state index contributed by atoms with van der Waals surface area (Å²) in [6, 6.07) is 6.13. The van der Waals surface area contributed by atoms with Crippen molar-refractivity contribution in [3.8, 4) is 0 Å². The SMILES string of the molecule is NC1(C(=O)N2CCCN(C(=O)Cc3cccc(F)c3)CC2)CCCC1. The molecule has 0 spiro atoms. The minimum atomic E-state index is -0.708. The van der Waals surface area contributed by atoms with Crippen LogP contribution in [0.2, 0.25) is 0 Å². The lowest BCUT2D eigenvalue weighted by Crippen LogP contribution is -2.54. The molecule has 2 fully saturated rings. The molecule has 1 aliphatic carbocycles. The zero-order chi connectivity index (χ0) is 17.9. The highest BCUT2D eigenvalue weighted by Gasteiger charge is 2.40. The van der Waals surface area contributed by atoms with E-state index in [0.29, 0.717) is 31.7 Å². The van der Waals surface area contributed by atoms with Gasteiger partial charge in [0.15, 0.2) is 0 Å². The Morgan fingerprint density at radius 3 is 2.44 bits per heavy atom. The lowest BCUT2D eigenvalue weighted by molar-refractivity contribution is -0.137. The third kappa shape index (κ3) is 4.18. The molecule has 1 heterocycles. The topological polar surface area (TPSA) is 66.6 Å². The molecule has 1 saturated heterocycles. The molecule has 2 amide bonds. The van der Waals surface area contributed by atoms with Crippen LogP contribution >= 0.6 is 0 Å². The first-order valence-electron chi connectivity index (χ1n) is 9.08. The summed E-state index contributed by atoms with van der Waals surface area (Å²) in [5, 5.41) is 0. The zero-order valence-electron chi connectivity index (χ0n) is 14.5. The highest BCUT2D eigenvalue weighted by atomic mass is 19.1. The van der Waals surface area contributed by atoms with Gasteiger partial charge in [0.1, 0.15) is 5.82 Å². The number of hydrogen-bond acceptors (Lipinski definition) is 3. The number of amides is 2. The lowest BCUT2D eigenvalue weighted by Gasteiger charge is -2.30. The summed E-state index contributed by atoms with van der Waals surface area (Å²) in [4.78, 5) is 28.8. The maximum absolute atomic E-state index is 13.3. The van der Waals surface area contributed by atoms with Crippen LogP contribution in [0, 0.1) is 5.82 Å². The third-order valence-corrected chi connectivity index (χ3v) is 5.30. The largest absolute Gasteiger partial charge is 0.341 e. The maximum Gasteiger partial charge on any atom is 0.242 e. The van der Waals surface area contributed by atoms with Crippen molar-refractivity contribution in [2.45, 2.75) is 44.1 Å². The van der Waals surface area contributed by atoms with Crippen molar-refractivity contribution in [1.82, 2.24) is 9.80 Å². The van der Waals surface area contributed by atoms with Crippen molar-refractivity contribution in [3.05, 3.63) is 35.6 Å². The normalized spacial score (nSPS) is 20.4.